The van der Waals surface area contributed by atoms with Crippen LogP contribution in [0.25, 0.3) is 0 Å². The number of halogens is 2. The Morgan fingerprint density at radius 3 is 2.48 bits per heavy atom. The van der Waals surface area contributed by atoms with Crippen molar-refractivity contribution in [3.8, 4) is 0 Å². The van der Waals surface area contributed by atoms with Crippen LogP contribution in [0.15, 0.2) is 17.0 Å². The lowest BCUT2D eigenvalue weighted by Crippen LogP contribution is -2.36. The van der Waals surface area contributed by atoms with E-state index in [1.807, 2.05) is 0 Å². The molecule has 0 heterocycles. The number of benzene rings is 1. The van der Waals surface area contributed by atoms with E-state index in [9.17, 15) is 26.2 Å². The first-order chi connectivity index (χ1) is 9.52. The van der Waals surface area contributed by atoms with Crippen molar-refractivity contribution in [2.24, 2.45) is 5.14 Å². The number of carbonyl (C=O) groups is 1. The molecule has 0 aliphatic rings. The van der Waals surface area contributed by atoms with E-state index in [1.165, 1.54) is 13.2 Å². The van der Waals surface area contributed by atoms with Crippen LogP contribution in [0.3, 0.4) is 0 Å². The Kier molecular flexibility index (Phi) is 5.54. The van der Waals surface area contributed by atoms with Gasteiger partial charge in [0.2, 0.25) is 10.0 Å². The Morgan fingerprint density at radius 2 is 2.00 bits per heavy atom. The number of sulfonamides is 1. The summed E-state index contributed by atoms with van der Waals surface area (Å²) < 4.78 is 60.3. The lowest BCUT2D eigenvalue weighted by molar-refractivity contribution is 0.0938. The van der Waals surface area contributed by atoms with E-state index < -0.39 is 54.9 Å². The predicted octanol–water partition coefficient (Wildman–Crippen LogP) is 0.109. The van der Waals surface area contributed by atoms with Crippen LogP contribution in [0.5, 0.6) is 0 Å². The third-order valence-corrected chi connectivity index (χ3v) is 4.30. The lowest BCUT2D eigenvalue weighted by Gasteiger charge is -2.13. The molecule has 1 rings (SSSR count). The highest BCUT2D eigenvalue weighted by atomic mass is 32.2. The van der Waals surface area contributed by atoms with Gasteiger partial charge in [0.05, 0.1) is 10.5 Å². The molecule has 0 fully saturated rings. The molecule has 0 aliphatic carbocycles. The highest BCUT2D eigenvalue weighted by Gasteiger charge is 2.22. The highest BCUT2D eigenvalue weighted by Crippen LogP contribution is 2.18. The summed E-state index contributed by atoms with van der Waals surface area (Å²) in [5.74, 6) is -3.89. The van der Waals surface area contributed by atoms with Gasteiger partial charge in [0.15, 0.2) is 11.6 Å². The minimum Gasteiger partial charge on any atom is -0.349 e. The molecular formula is C11H14F2N2O4S2. The monoisotopic (exact) mass is 340 g/mol. The predicted molar refractivity (Wildman–Crippen MR) is 73.6 cm³/mol. The molecule has 0 spiro atoms. The first-order valence-electron chi connectivity index (χ1n) is 5.65. The molecule has 118 valence electrons. The quantitative estimate of drug-likeness (QED) is 0.793. The summed E-state index contributed by atoms with van der Waals surface area (Å²) in [4.78, 5) is 11.1. The lowest BCUT2D eigenvalue weighted by atomic mass is 10.2. The van der Waals surface area contributed by atoms with Crippen molar-refractivity contribution in [1.82, 2.24) is 5.32 Å². The molecule has 6 nitrogen and oxygen atoms in total. The van der Waals surface area contributed by atoms with Crippen LogP contribution < -0.4 is 10.5 Å². The molecule has 1 amide bonds. The van der Waals surface area contributed by atoms with Gasteiger partial charge in [-0.3, -0.25) is 9.00 Å². The van der Waals surface area contributed by atoms with Crippen LogP contribution in [-0.2, 0) is 20.8 Å². The van der Waals surface area contributed by atoms with Gasteiger partial charge in [0.25, 0.3) is 5.91 Å². The molecular weight excluding hydrogens is 326 g/mol. The molecule has 0 radical (unpaired) electrons. The van der Waals surface area contributed by atoms with Crippen LogP contribution in [0.1, 0.15) is 17.3 Å². The number of primary sulfonamides is 1. The summed E-state index contributed by atoms with van der Waals surface area (Å²) in [7, 11) is -5.48. The molecule has 2 atom stereocenters. The Balaban J connectivity index is 3.15. The maximum Gasteiger partial charge on any atom is 0.254 e. The average molecular weight is 340 g/mol. The van der Waals surface area contributed by atoms with Gasteiger partial charge < -0.3 is 5.32 Å². The molecule has 0 saturated heterocycles. The van der Waals surface area contributed by atoms with Crippen molar-refractivity contribution in [3.05, 3.63) is 29.3 Å². The minimum absolute atomic E-state index is 0.116. The molecule has 0 aromatic heterocycles. The van der Waals surface area contributed by atoms with Gasteiger partial charge in [-0.25, -0.2) is 22.3 Å². The highest BCUT2D eigenvalue weighted by molar-refractivity contribution is 7.89. The van der Waals surface area contributed by atoms with Gasteiger partial charge >= 0.3 is 0 Å². The maximum atomic E-state index is 13.6. The first kappa shape index (κ1) is 17.7. The van der Waals surface area contributed by atoms with Gasteiger partial charge in [-0.05, 0) is 19.1 Å². The van der Waals surface area contributed by atoms with Gasteiger partial charge in [-0.15, -0.1) is 0 Å². The summed E-state index contributed by atoms with van der Waals surface area (Å²) in [6.45, 7) is 1.52. The van der Waals surface area contributed by atoms with Crippen molar-refractivity contribution in [3.63, 3.8) is 0 Å². The van der Waals surface area contributed by atoms with E-state index in [1.54, 1.807) is 0 Å². The summed E-state index contributed by atoms with van der Waals surface area (Å²) in [5.41, 5.74) is -0.784. The molecule has 0 saturated carbocycles. The molecule has 0 bridgehead atoms. The standard InChI is InChI=1S/C11H14F2N2O4S2/c1-6(5-20(2)17)15-11(16)8-3-7(21(14,18)19)4-9(12)10(8)13/h3-4,6H,5H2,1-2H3,(H,15,16)(H2,14,18,19). The fourth-order valence-electron chi connectivity index (χ4n) is 1.59. The van der Waals surface area contributed by atoms with E-state index in [0.29, 0.717) is 12.1 Å². The SMILES string of the molecule is CC(CS(C)=O)NC(=O)c1cc(S(N)(=O)=O)cc(F)c1F. The molecule has 1 aromatic rings. The van der Waals surface area contributed by atoms with Crippen molar-refractivity contribution in [2.45, 2.75) is 17.9 Å². The number of amides is 1. The first-order valence-corrected chi connectivity index (χ1v) is 8.92. The van der Waals surface area contributed by atoms with Crippen LogP contribution in [0.4, 0.5) is 8.78 Å². The van der Waals surface area contributed by atoms with Gasteiger partial charge in [-0.2, -0.15) is 0 Å². The van der Waals surface area contributed by atoms with Crippen molar-refractivity contribution < 1.29 is 26.2 Å². The molecule has 0 aliphatic heterocycles. The van der Waals surface area contributed by atoms with Gasteiger partial charge in [-0.1, -0.05) is 0 Å². The normalized spacial score (nSPS) is 14.5. The second-order valence-electron chi connectivity index (χ2n) is 4.43. The van der Waals surface area contributed by atoms with Gasteiger partial charge in [0.1, 0.15) is 0 Å². The number of carbonyl (C=O) groups excluding carboxylic acids is 1. The van der Waals surface area contributed by atoms with Crippen molar-refractivity contribution >= 4 is 26.7 Å². The van der Waals surface area contributed by atoms with Crippen molar-refractivity contribution in [2.75, 3.05) is 12.0 Å². The Morgan fingerprint density at radius 1 is 1.43 bits per heavy atom. The number of hydrogen-bond acceptors (Lipinski definition) is 4. The van der Waals surface area contributed by atoms with E-state index in [0.717, 1.165) is 0 Å². The zero-order valence-electron chi connectivity index (χ0n) is 11.2. The third-order valence-electron chi connectivity index (χ3n) is 2.44. The van der Waals surface area contributed by atoms with Crippen molar-refractivity contribution in [1.29, 1.82) is 0 Å². The summed E-state index contributed by atoms with van der Waals surface area (Å²) in [6.07, 6.45) is 1.42. The van der Waals surface area contributed by atoms with E-state index in [4.69, 9.17) is 5.14 Å². The van der Waals surface area contributed by atoms with Crippen LogP contribution in [0, 0.1) is 11.6 Å². The Labute approximate surface area is 123 Å². The maximum absolute atomic E-state index is 13.6. The molecule has 21 heavy (non-hydrogen) atoms. The summed E-state index contributed by atoms with van der Waals surface area (Å²) in [6, 6.07) is 0.481. The second kappa shape index (κ2) is 6.58. The summed E-state index contributed by atoms with van der Waals surface area (Å²) >= 11 is 0. The average Bonchev–Trinajstić information content (AvgIpc) is 2.29. The van der Waals surface area contributed by atoms with E-state index >= 15 is 0 Å². The number of nitrogens with two attached hydrogens (primary N) is 1. The molecule has 2 unspecified atom stereocenters. The molecule has 10 heteroatoms. The van der Waals surface area contributed by atoms with E-state index in [-0.39, 0.29) is 5.75 Å². The Hall–Kier alpha value is -1.39. The number of rotatable bonds is 5. The van der Waals surface area contributed by atoms with Crippen LogP contribution in [-0.4, -0.2) is 36.6 Å². The Bertz CT molecular complexity index is 692. The zero-order chi connectivity index (χ0) is 16.4. The van der Waals surface area contributed by atoms with E-state index in [2.05, 4.69) is 5.32 Å². The minimum atomic E-state index is -4.28. The van der Waals surface area contributed by atoms with Crippen LogP contribution in [0.2, 0.25) is 0 Å². The third kappa shape index (κ3) is 4.83. The second-order valence-corrected chi connectivity index (χ2v) is 7.47. The summed E-state index contributed by atoms with van der Waals surface area (Å²) in [5, 5.41) is 7.12. The topological polar surface area (TPSA) is 106 Å². The van der Waals surface area contributed by atoms with Crippen LogP contribution >= 0.6 is 0 Å². The van der Waals surface area contributed by atoms with Gasteiger partial charge in [0, 0.05) is 28.9 Å². The fourth-order valence-corrected chi connectivity index (χ4v) is 2.93. The number of hydrogen-bond donors (Lipinski definition) is 2. The largest absolute Gasteiger partial charge is 0.349 e. The number of nitrogens with one attached hydrogen (secondary N) is 1. The molecule has 3 N–H and O–H groups in total. The smallest absolute Gasteiger partial charge is 0.254 e. The molecule has 1 aromatic carbocycles. The zero-order valence-corrected chi connectivity index (χ0v) is 12.9. The fraction of sp³-hybridized carbons (Fsp3) is 0.364.